The van der Waals surface area contributed by atoms with E-state index >= 15 is 0 Å². The molecule has 0 atom stereocenters. The summed E-state index contributed by atoms with van der Waals surface area (Å²) in [5.74, 6) is 1.69. The zero-order valence-electron chi connectivity index (χ0n) is 12.4. The van der Waals surface area contributed by atoms with Crippen LogP contribution < -0.4 is 10.6 Å². The van der Waals surface area contributed by atoms with Crippen molar-refractivity contribution in [1.82, 2.24) is 9.97 Å². The Hall–Kier alpha value is -1.32. The van der Waals surface area contributed by atoms with Crippen LogP contribution in [0.25, 0.3) is 0 Å². The highest BCUT2D eigenvalue weighted by Gasteiger charge is 2.32. The smallest absolute Gasteiger partial charge is 0.137 e. The average Bonchev–Trinajstić information content (AvgIpc) is 2.47. The van der Waals surface area contributed by atoms with Crippen LogP contribution >= 0.6 is 0 Å². The maximum absolute atomic E-state index is 5.97. The van der Waals surface area contributed by atoms with Gasteiger partial charge in [0.2, 0.25) is 0 Å². The fraction of sp³-hybridized carbons (Fsp3) is 0.733. The van der Waals surface area contributed by atoms with Crippen LogP contribution in [0.1, 0.15) is 52.0 Å². The molecule has 0 saturated carbocycles. The number of rotatable bonds is 4. The number of nitrogens with zero attached hydrogens (tertiary/aromatic N) is 3. The second-order valence-electron chi connectivity index (χ2n) is 5.61. The lowest BCUT2D eigenvalue weighted by molar-refractivity contribution is 0.199. The van der Waals surface area contributed by atoms with Gasteiger partial charge in [0, 0.05) is 18.7 Å². The number of nitrogens with two attached hydrogens (primary N) is 1. The van der Waals surface area contributed by atoms with E-state index in [0.717, 1.165) is 30.9 Å². The lowest BCUT2D eigenvalue weighted by Crippen LogP contribution is -2.40. The number of aromatic nitrogens is 2. The lowest BCUT2D eigenvalue weighted by atomic mass is 9.74. The zero-order chi connectivity index (χ0) is 13.9. The Balaban J connectivity index is 2.16. The molecule has 0 aromatic carbocycles. The van der Waals surface area contributed by atoms with E-state index in [1.54, 1.807) is 6.33 Å². The van der Waals surface area contributed by atoms with Gasteiger partial charge in [-0.2, -0.15) is 0 Å². The summed E-state index contributed by atoms with van der Waals surface area (Å²) in [6, 6.07) is 0. The number of piperidine rings is 1. The first-order valence-electron chi connectivity index (χ1n) is 7.50. The average molecular weight is 262 g/mol. The van der Waals surface area contributed by atoms with Crippen LogP contribution in [0.15, 0.2) is 6.33 Å². The van der Waals surface area contributed by atoms with E-state index in [4.69, 9.17) is 5.73 Å². The standard InChI is InChI=1S/C15H26N4/c1-4-12-13(16)17-11-18-14(12)19-9-7-15(5-2,6-3)8-10-19/h11H,4-10H2,1-3H3,(H2,16,17,18). The Morgan fingerprint density at radius 3 is 2.32 bits per heavy atom. The third-order valence-corrected chi connectivity index (χ3v) is 4.93. The predicted octanol–water partition coefficient (Wildman–Crippen LogP) is 3.03. The normalized spacial score (nSPS) is 18.6. The molecular formula is C15H26N4. The maximum atomic E-state index is 5.97. The van der Waals surface area contributed by atoms with Crippen molar-refractivity contribution in [2.45, 2.75) is 52.9 Å². The van der Waals surface area contributed by atoms with Gasteiger partial charge in [-0.25, -0.2) is 9.97 Å². The van der Waals surface area contributed by atoms with Gasteiger partial charge in [0.05, 0.1) is 0 Å². The molecule has 1 aliphatic heterocycles. The summed E-state index contributed by atoms with van der Waals surface area (Å²) >= 11 is 0. The first-order valence-corrected chi connectivity index (χ1v) is 7.50. The number of hydrogen-bond donors (Lipinski definition) is 1. The van der Waals surface area contributed by atoms with E-state index in [-0.39, 0.29) is 0 Å². The number of anilines is 2. The molecule has 4 nitrogen and oxygen atoms in total. The second-order valence-corrected chi connectivity index (χ2v) is 5.61. The van der Waals surface area contributed by atoms with E-state index in [9.17, 15) is 0 Å². The monoisotopic (exact) mass is 262 g/mol. The predicted molar refractivity (Wildman–Crippen MR) is 80.3 cm³/mol. The molecule has 2 heterocycles. The van der Waals surface area contributed by atoms with E-state index in [2.05, 4.69) is 35.6 Å². The third kappa shape index (κ3) is 2.67. The van der Waals surface area contributed by atoms with Crippen LogP contribution in [0.2, 0.25) is 0 Å². The van der Waals surface area contributed by atoms with Crippen LogP contribution in [0.5, 0.6) is 0 Å². The van der Waals surface area contributed by atoms with Gasteiger partial charge in [0.15, 0.2) is 0 Å². The largest absolute Gasteiger partial charge is 0.383 e. The van der Waals surface area contributed by atoms with Gasteiger partial charge >= 0.3 is 0 Å². The minimum atomic E-state index is 0.543. The molecule has 4 heteroatoms. The molecule has 2 rings (SSSR count). The highest BCUT2D eigenvalue weighted by atomic mass is 15.2. The van der Waals surface area contributed by atoms with Crippen molar-refractivity contribution in [2.24, 2.45) is 5.41 Å². The quantitative estimate of drug-likeness (QED) is 0.906. The van der Waals surface area contributed by atoms with Crippen molar-refractivity contribution in [1.29, 1.82) is 0 Å². The van der Waals surface area contributed by atoms with Gasteiger partial charge in [0.1, 0.15) is 18.0 Å². The Morgan fingerprint density at radius 1 is 1.16 bits per heavy atom. The lowest BCUT2D eigenvalue weighted by Gasteiger charge is -2.42. The van der Waals surface area contributed by atoms with Gasteiger partial charge < -0.3 is 10.6 Å². The molecule has 1 aliphatic rings. The van der Waals surface area contributed by atoms with Gasteiger partial charge in [-0.15, -0.1) is 0 Å². The zero-order valence-corrected chi connectivity index (χ0v) is 12.4. The van der Waals surface area contributed by atoms with Crippen LogP contribution in [0, 0.1) is 5.41 Å². The molecule has 0 aliphatic carbocycles. The van der Waals surface area contributed by atoms with Crippen molar-refractivity contribution in [3.8, 4) is 0 Å². The van der Waals surface area contributed by atoms with Gasteiger partial charge in [-0.05, 0) is 24.7 Å². The fourth-order valence-corrected chi connectivity index (χ4v) is 3.18. The summed E-state index contributed by atoms with van der Waals surface area (Å²) in [5.41, 5.74) is 7.61. The summed E-state index contributed by atoms with van der Waals surface area (Å²) in [5, 5.41) is 0. The van der Waals surface area contributed by atoms with E-state index < -0.39 is 0 Å². The molecule has 0 radical (unpaired) electrons. The number of nitrogen functional groups attached to an aromatic ring is 1. The molecule has 1 saturated heterocycles. The molecule has 1 fully saturated rings. The van der Waals surface area contributed by atoms with Gasteiger partial charge in [-0.1, -0.05) is 33.6 Å². The molecule has 19 heavy (non-hydrogen) atoms. The van der Waals surface area contributed by atoms with Crippen molar-refractivity contribution in [3.63, 3.8) is 0 Å². The Morgan fingerprint density at radius 2 is 1.79 bits per heavy atom. The van der Waals surface area contributed by atoms with Crippen molar-refractivity contribution in [2.75, 3.05) is 23.7 Å². The van der Waals surface area contributed by atoms with E-state index in [1.807, 2.05) is 0 Å². The van der Waals surface area contributed by atoms with Gasteiger partial charge in [0.25, 0.3) is 0 Å². The summed E-state index contributed by atoms with van der Waals surface area (Å²) in [6.07, 6.45) is 7.56. The summed E-state index contributed by atoms with van der Waals surface area (Å²) in [6.45, 7) is 8.93. The molecule has 1 aromatic rings. The number of hydrogen-bond acceptors (Lipinski definition) is 4. The van der Waals surface area contributed by atoms with E-state index in [0.29, 0.717) is 11.2 Å². The third-order valence-electron chi connectivity index (χ3n) is 4.93. The highest BCUT2D eigenvalue weighted by Crippen LogP contribution is 2.39. The summed E-state index contributed by atoms with van der Waals surface area (Å²) in [7, 11) is 0. The first-order chi connectivity index (χ1) is 9.15. The second kappa shape index (κ2) is 5.76. The van der Waals surface area contributed by atoms with Crippen molar-refractivity contribution >= 4 is 11.6 Å². The fourth-order valence-electron chi connectivity index (χ4n) is 3.18. The molecule has 1 aromatic heterocycles. The Kier molecular flexibility index (Phi) is 4.27. The summed E-state index contributed by atoms with van der Waals surface area (Å²) in [4.78, 5) is 11.0. The van der Waals surface area contributed by atoms with Crippen LogP contribution in [0.3, 0.4) is 0 Å². The van der Waals surface area contributed by atoms with Crippen LogP contribution in [0.4, 0.5) is 11.6 Å². The van der Waals surface area contributed by atoms with E-state index in [1.165, 1.54) is 25.7 Å². The minimum absolute atomic E-state index is 0.543. The molecule has 0 spiro atoms. The highest BCUT2D eigenvalue weighted by molar-refractivity contribution is 5.56. The van der Waals surface area contributed by atoms with Gasteiger partial charge in [-0.3, -0.25) is 0 Å². The van der Waals surface area contributed by atoms with Crippen LogP contribution in [-0.4, -0.2) is 23.1 Å². The molecule has 0 unspecified atom stereocenters. The van der Waals surface area contributed by atoms with Crippen LogP contribution in [-0.2, 0) is 6.42 Å². The SMILES string of the molecule is CCc1c(N)ncnc1N1CCC(CC)(CC)CC1. The first kappa shape index (κ1) is 14.1. The Bertz CT molecular complexity index is 416. The molecule has 106 valence electrons. The van der Waals surface area contributed by atoms with Crippen molar-refractivity contribution in [3.05, 3.63) is 11.9 Å². The molecule has 2 N–H and O–H groups in total. The molecule has 0 amide bonds. The van der Waals surface area contributed by atoms with Crippen molar-refractivity contribution < 1.29 is 0 Å². The molecular weight excluding hydrogens is 236 g/mol. The topological polar surface area (TPSA) is 55.0 Å². The molecule has 0 bridgehead atoms. The summed E-state index contributed by atoms with van der Waals surface area (Å²) < 4.78 is 0. The minimum Gasteiger partial charge on any atom is -0.383 e. The maximum Gasteiger partial charge on any atom is 0.137 e. The Labute approximate surface area is 116 Å².